The van der Waals surface area contributed by atoms with Gasteiger partial charge in [0.25, 0.3) is 0 Å². The average Bonchev–Trinajstić information content (AvgIpc) is 2.82. The number of rotatable bonds is 2. The molecule has 2 aliphatic carbocycles. The lowest BCUT2D eigenvalue weighted by Gasteiger charge is -2.36. The SMILES string of the molecule is CC1CCCC2(CSC(=NCC3Cc4ccccc43)N2)C1. The molecule has 1 aromatic rings. The highest BCUT2D eigenvalue weighted by molar-refractivity contribution is 8.14. The van der Waals surface area contributed by atoms with E-state index >= 15 is 0 Å². The van der Waals surface area contributed by atoms with Crippen LogP contribution in [0.15, 0.2) is 29.3 Å². The first-order valence-corrected chi connectivity index (χ1v) is 9.26. The minimum atomic E-state index is 0.360. The monoisotopic (exact) mass is 300 g/mol. The predicted octanol–water partition coefficient (Wildman–Crippen LogP) is 3.97. The highest BCUT2D eigenvalue weighted by Gasteiger charge is 2.40. The Hall–Kier alpha value is -0.960. The molecule has 3 unspecified atom stereocenters. The minimum Gasteiger partial charge on any atom is -0.359 e. The van der Waals surface area contributed by atoms with E-state index < -0.39 is 0 Å². The zero-order valence-corrected chi connectivity index (χ0v) is 13.6. The van der Waals surface area contributed by atoms with Gasteiger partial charge in [0.1, 0.15) is 0 Å². The van der Waals surface area contributed by atoms with Crippen LogP contribution in [0.5, 0.6) is 0 Å². The number of hydrogen-bond acceptors (Lipinski definition) is 2. The quantitative estimate of drug-likeness (QED) is 0.894. The van der Waals surface area contributed by atoms with Crippen molar-refractivity contribution < 1.29 is 0 Å². The van der Waals surface area contributed by atoms with Gasteiger partial charge in [0, 0.05) is 23.8 Å². The van der Waals surface area contributed by atoms with Gasteiger partial charge in [-0.3, -0.25) is 4.99 Å². The maximum atomic E-state index is 4.89. The predicted molar refractivity (Wildman–Crippen MR) is 91.1 cm³/mol. The molecular weight excluding hydrogens is 276 g/mol. The lowest BCUT2D eigenvalue weighted by Crippen LogP contribution is -2.47. The molecule has 1 heterocycles. The highest BCUT2D eigenvalue weighted by atomic mass is 32.2. The van der Waals surface area contributed by atoms with Gasteiger partial charge in [-0.15, -0.1) is 0 Å². The van der Waals surface area contributed by atoms with E-state index in [2.05, 4.69) is 36.5 Å². The van der Waals surface area contributed by atoms with Crippen molar-refractivity contribution in [3.05, 3.63) is 35.4 Å². The Morgan fingerprint density at radius 3 is 3.14 bits per heavy atom. The van der Waals surface area contributed by atoms with E-state index in [4.69, 9.17) is 4.99 Å². The average molecular weight is 300 g/mol. The van der Waals surface area contributed by atoms with Crippen LogP contribution in [-0.4, -0.2) is 23.0 Å². The molecule has 2 fully saturated rings. The van der Waals surface area contributed by atoms with Gasteiger partial charge in [-0.1, -0.05) is 55.8 Å². The molecular formula is C18H24N2S. The highest BCUT2D eigenvalue weighted by Crippen LogP contribution is 2.39. The first-order valence-electron chi connectivity index (χ1n) is 8.27. The molecule has 3 aliphatic rings. The zero-order valence-electron chi connectivity index (χ0n) is 12.8. The minimum absolute atomic E-state index is 0.360. The fourth-order valence-corrected chi connectivity index (χ4v) is 5.42. The van der Waals surface area contributed by atoms with Gasteiger partial charge in [0.05, 0.1) is 0 Å². The summed E-state index contributed by atoms with van der Waals surface area (Å²) in [5.41, 5.74) is 3.40. The van der Waals surface area contributed by atoms with Crippen molar-refractivity contribution in [2.24, 2.45) is 10.9 Å². The first-order chi connectivity index (χ1) is 10.2. The van der Waals surface area contributed by atoms with E-state index in [1.54, 1.807) is 0 Å². The number of thioether (sulfide) groups is 1. The third kappa shape index (κ3) is 2.61. The molecule has 1 aliphatic heterocycles. The molecule has 1 aromatic carbocycles. The van der Waals surface area contributed by atoms with E-state index in [-0.39, 0.29) is 0 Å². The largest absolute Gasteiger partial charge is 0.359 e. The fourth-order valence-electron chi connectivity index (χ4n) is 4.21. The van der Waals surface area contributed by atoms with Gasteiger partial charge < -0.3 is 5.32 Å². The molecule has 0 amide bonds. The fraction of sp³-hybridized carbons (Fsp3) is 0.611. The Labute approximate surface area is 131 Å². The lowest BCUT2D eigenvalue weighted by molar-refractivity contribution is 0.242. The Morgan fingerprint density at radius 2 is 2.29 bits per heavy atom. The van der Waals surface area contributed by atoms with E-state index in [1.165, 1.54) is 54.2 Å². The number of amidine groups is 1. The number of nitrogens with zero attached hydrogens (tertiary/aromatic N) is 1. The van der Waals surface area contributed by atoms with Crippen LogP contribution in [0.4, 0.5) is 0 Å². The summed E-state index contributed by atoms with van der Waals surface area (Å²) in [6.07, 6.45) is 6.64. The normalized spacial score (nSPS) is 36.3. The molecule has 4 rings (SSSR count). The standard InChI is InChI=1S/C18H24N2S/c1-13-5-4-8-18(10-13)12-21-17(20-18)19-11-15-9-14-6-2-3-7-16(14)15/h2-3,6-7,13,15H,4-5,8-12H2,1H3,(H,19,20). The summed E-state index contributed by atoms with van der Waals surface area (Å²) in [5.74, 6) is 2.74. The number of aliphatic imine (C=N–C) groups is 1. The summed E-state index contributed by atoms with van der Waals surface area (Å²) in [6, 6.07) is 8.81. The molecule has 1 saturated carbocycles. The number of benzene rings is 1. The summed E-state index contributed by atoms with van der Waals surface area (Å²) in [7, 11) is 0. The van der Waals surface area contributed by atoms with Crippen LogP contribution in [0.3, 0.4) is 0 Å². The van der Waals surface area contributed by atoms with Crippen molar-refractivity contribution in [1.29, 1.82) is 0 Å². The summed E-state index contributed by atoms with van der Waals surface area (Å²) in [4.78, 5) is 4.89. The van der Waals surface area contributed by atoms with E-state index in [9.17, 15) is 0 Å². The van der Waals surface area contributed by atoms with Crippen LogP contribution in [-0.2, 0) is 6.42 Å². The molecule has 3 atom stereocenters. The van der Waals surface area contributed by atoms with Crippen molar-refractivity contribution in [3.63, 3.8) is 0 Å². The van der Waals surface area contributed by atoms with Gasteiger partial charge in [-0.25, -0.2) is 0 Å². The molecule has 1 spiro atoms. The third-order valence-electron chi connectivity index (χ3n) is 5.37. The smallest absolute Gasteiger partial charge is 0.157 e. The van der Waals surface area contributed by atoms with Crippen LogP contribution >= 0.6 is 11.8 Å². The Morgan fingerprint density at radius 1 is 1.38 bits per heavy atom. The number of fused-ring (bicyclic) bond motifs is 1. The maximum absolute atomic E-state index is 4.89. The van der Waals surface area contributed by atoms with Gasteiger partial charge in [0.15, 0.2) is 5.17 Å². The molecule has 0 aromatic heterocycles. The van der Waals surface area contributed by atoms with Crippen LogP contribution in [0.1, 0.15) is 49.7 Å². The Bertz CT molecular complexity index is 568. The van der Waals surface area contributed by atoms with E-state index in [0.717, 1.165) is 12.5 Å². The zero-order chi connectivity index (χ0) is 14.3. The van der Waals surface area contributed by atoms with E-state index in [0.29, 0.717) is 11.5 Å². The van der Waals surface area contributed by atoms with Gasteiger partial charge in [-0.05, 0) is 36.3 Å². The number of hydrogen-bond donors (Lipinski definition) is 1. The Kier molecular flexibility index (Phi) is 3.49. The van der Waals surface area contributed by atoms with Crippen molar-refractivity contribution >= 4 is 16.9 Å². The van der Waals surface area contributed by atoms with Crippen LogP contribution in [0, 0.1) is 5.92 Å². The molecule has 1 saturated heterocycles. The second-order valence-corrected chi connectivity index (χ2v) is 8.11. The summed E-state index contributed by atoms with van der Waals surface area (Å²) in [6.45, 7) is 3.35. The second-order valence-electron chi connectivity index (χ2n) is 7.14. The van der Waals surface area contributed by atoms with Gasteiger partial charge in [-0.2, -0.15) is 0 Å². The van der Waals surface area contributed by atoms with Crippen LogP contribution in [0.25, 0.3) is 0 Å². The first kappa shape index (κ1) is 13.7. The molecule has 112 valence electrons. The molecule has 2 nitrogen and oxygen atoms in total. The van der Waals surface area contributed by atoms with Crippen molar-refractivity contribution in [1.82, 2.24) is 5.32 Å². The molecule has 0 radical (unpaired) electrons. The maximum Gasteiger partial charge on any atom is 0.157 e. The summed E-state index contributed by atoms with van der Waals surface area (Å²) in [5, 5.41) is 4.98. The van der Waals surface area contributed by atoms with Crippen molar-refractivity contribution in [2.75, 3.05) is 12.3 Å². The van der Waals surface area contributed by atoms with Crippen molar-refractivity contribution in [2.45, 2.75) is 50.5 Å². The second kappa shape index (κ2) is 5.35. The third-order valence-corrected chi connectivity index (χ3v) is 6.57. The number of nitrogens with one attached hydrogen (secondary N) is 1. The lowest BCUT2D eigenvalue weighted by atomic mass is 9.77. The molecule has 0 bridgehead atoms. The summed E-state index contributed by atoms with van der Waals surface area (Å²) < 4.78 is 0. The summed E-state index contributed by atoms with van der Waals surface area (Å²) >= 11 is 1.95. The molecule has 1 N–H and O–H groups in total. The molecule has 3 heteroatoms. The van der Waals surface area contributed by atoms with Gasteiger partial charge >= 0.3 is 0 Å². The Balaban J connectivity index is 1.38. The topological polar surface area (TPSA) is 24.4 Å². The van der Waals surface area contributed by atoms with E-state index in [1.807, 2.05) is 11.8 Å². The molecule has 21 heavy (non-hydrogen) atoms. The van der Waals surface area contributed by atoms with Gasteiger partial charge in [0.2, 0.25) is 0 Å². The van der Waals surface area contributed by atoms with Crippen LogP contribution < -0.4 is 5.32 Å². The van der Waals surface area contributed by atoms with Crippen LogP contribution in [0.2, 0.25) is 0 Å². The van der Waals surface area contributed by atoms with Crippen molar-refractivity contribution in [3.8, 4) is 0 Å².